The molecule has 0 saturated carbocycles. The van der Waals surface area contributed by atoms with Gasteiger partial charge < -0.3 is 14.7 Å². The summed E-state index contributed by atoms with van der Waals surface area (Å²) in [5.41, 5.74) is 0.848. The monoisotopic (exact) mass is 266 g/mol. The molecular weight excluding hydrogens is 248 g/mol. The molecule has 1 aromatic carbocycles. The molecule has 0 aliphatic carbocycles. The van der Waals surface area contributed by atoms with E-state index in [0.717, 1.165) is 31.6 Å². The Hall–Kier alpha value is -1.82. The maximum absolute atomic E-state index is 10.9. The van der Waals surface area contributed by atoms with E-state index in [2.05, 4.69) is 4.90 Å². The molecule has 0 bridgehead atoms. The summed E-state index contributed by atoms with van der Waals surface area (Å²) in [5, 5.41) is 20.0. The number of ether oxygens (including phenoxy) is 1. The topological polar surface area (TPSA) is 75.8 Å². The predicted octanol–water partition coefficient (Wildman–Crippen LogP) is 1.81. The number of anilines is 1. The van der Waals surface area contributed by atoms with Crippen LogP contribution in [0.3, 0.4) is 0 Å². The Labute approximate surface area is 111 Å². The zero-order valence-corrected chi connectivity index (χ0v) is 10.9. The van der Waals surface area contributed by atoms with E-state index in [1.54, 1.807) is 6.07 Å². The van der Waals surface area contributed by atoms with Crippen molar-refractivity contribution in [2.24, 2.45) is 5.92 Å². The Morgan fingerprint density at radius 2 is 2.11 bits per heavy atom. The summed E-state index contributed by atoms with van der Waals surface area (Å²) in [6.45, 7) is 1.82. The van der Waals surface area contributed by atoms with Gasteiger partial charge in [0.25, 0.3) is 5.69 Å². The number of piperidine rings is 1. The van der Waals surface area contributed by atoms with Crippen molar-refractivity contribution < 1.29 is 14.8 Å². The number of non-ortho nitro benzene ring substituents is 1. The molecule has 0 atom stereocenters. The number of methoxy groups -OCH3 is 1. The average molecular weight is 266 g/mol. The molecule has 0 spiro atoms. The zero-order chi connectivity index (χ0) is 13.8. The average Bonchev–Trinajstić information content (AvgIpc) is 2.46. The van der Waals surface area contributed by atoms with Crippen LogP contribution in [0.2, 0.25) is 0 Å². The number of aliphatic hydroxyl groups excluding tert-OH is 1. The van der Waals surface area contributed by atoms with Gasteiger partial charge in [-0.25, -0.2) is 0 Å². The molecule has 1 aromatic rings. The van der Waals surface area contributed by atoms with E-state index in [9.17, 15) is 10.1 Å². The Kier molecular flexibility index (Phi) is 4.21. The number of benzene rings is 1. The Balaban J connectivity index is 2.20. The first-order chi connectivity index (χ1) is 9.13. The predicted molar refractivity (Wildman–Crippen MR) is 71.7 cm³/mol. The van der Waals surface area contributed by atoms with Crippen LogP contribution in [0.25, 0.3) is 0 Å². The minimum absolute atomic E-state index is 0.0404. The van der Waals surface area contributed by atoms with Gasteiger partial charge in [-0.3, -0.25) is 10.1 Å². The van der Waals surface area contributed by atoms with Crippen molar-refractivity contribution in [2.75, 3.05) is 31.7 Å². The van der Waals surface area contributed by atoms with Crippen LogP contribution in [0, 0.1) is 16.0 Å². The third-order valence-corrected chi connectivity index (χ3v) is 3.56. The summed E-state index contributed by atoms with van der Waals surface area (Å²) < 4.78 is 5.11. The molecule has 1 saturated heterocycles. The normalized spacial score (nSPS) is 16.4. The van der Waals surface area contributed by atoms with E-state index in [0.29, 0.717) is 11.7 Å². The molecule has 0 amide bonds. The number of nitro benzene ring substituents is 1. The number of aliphatic hydroxyl groups is 1. The Bertz CT molecular complexity index is 456. The van der Waals surface area contributed by atoms with Crippen molar-refractivity contribution in [1.29, 1.82) is 0 Å². The molecule has 2 rings (SSSR count). The van der Waals surface area contributed by atoms with Gasteiger partial charge in [-0.15, -0.1) is 0 Å². The van der Waals surface area contributed by atoms with E-state index in [-0.39, 0.29) is 12.3 Å². The van der Waals surface area contributed by atoms with Crippen LogP contribution in [0.5, 0.6) is 5.75 Å². The van der Waals surface area contributed by atoms with Crippen molar-refractivity contribution in [3.8, 4) is 5.75 Å². The van der Waals surface area contributed by atoms with Gasteiger partial charge in [0.2, 0.25) is 0 Å². The lowest BCUT2D eigenvalue weighted by Crippen LogP contribution is -2.34. The summed E-state index contributed by atoms with van der Waals surface area (Å²) in [7, 11) is 1.50. The molecule has 0 aromatic heterocycles. The highest BCUT2D eigenvalue weighted by molar-refractivity contribution is 5.58. The molecular formula is C13H18N2O4. The highest BCUT2D eigenvalue weighted by Gasteiger charge is 2.21. The van der Waals surface area contributed by atoms with Gasteiger partial charge in [-0.2, -0.15) is 0 Å². The van der Waals surface area contributed by atoms with Crippen LogP contribution in [0.15, 0.2) is 18.2 Å². The number of nitrogens with zero attached hydrogens (tertiary/aromatic N) is 2. The molecule has 6 heteroatoms. The number of hydrogen-bond donors (Lipinski definition) is 1. The first-order valence-corrected chi connectivity index (χ1v) is 6.33. The lowest BCUT2D eigenvalue weighted by molar-refractivity contribution is -0.384. The van der Waals surface area contributed by atoms with Gasteiger partial charge in [0.1, 0.15) is 5.75 Å². The van der Waals surface area contributed by atoms with E-state index in [1.165, 1.54) is 13.2 Å². The van der Waals surface area contributed by atoms with Crippen LogP contribution in [0.1, 0.15) is 12.8 Å². The van der Waals surface area contributed by atoms with Crippen molar-refractivity contribution in [1.82, 2.24) is 0 Å². The minimum Gasteiger partial charge on any atom is -0.496 e. The molecule has 0 unspecified atom stereocenters. The fraction of sp³-hybridized carbons (Fsp3) is 0.538. The summed E-state index contributed by atoms with van der Waals surface area (Å²) in [6.07, 6.45) is 1.81. The van der Waals surface area contributed by atoms with Gasteiger partial charge in [-0.1, -0.05) is 0 Å². The molecule has 1 aliphatic rings. The fourth-order valence-electron chi connectivity index (χ4n) is 2.35. The van der Waals surface area contributed by atoms with Crippen LogP contribution in [0.4, 0.5) is 11.4 Å². The number of rotatable bonds is 4. The SMILES string of the molecule is COc1cc(N2CCC(CO)CC2)cc([N+](=O)[O-])c1. The van der Waals surface area contributed by atoms with Gasteiger partial charge >= 0.3 is 0 Å². The standard InChI is InChI=1S/C13H18N2O4/c1-19-13-7-11(6-12(8-13)15(17)18)14-4-2-10(9-16)3-5-14/h6-8,10,16H,2-5,9H2,1H3. The van der Waals surface area contributed by atoms with Crippen LogP contribution in [-0.4, -0.2) is 36.8 Å². The van der Waals surface area contributed by atoms with Gasteiger partial charge in [0, 0.05) is 37.5 Å². The van der Waals surface area contributed by atoms with Crippen LogP contribution < -0.4 is 9.64 Å². The third kappa shape index (κ3) is 3.14. The van der Waals surface area contributed by atoms with Crippen LogP contribution in [-0.2, 0) is 0 Å². The van der Waals surface area contributed by atoms with E-state index < -0.39 is 4.92 Å². The van der Waals surface area contributed by atoms with Crippen molar-refractivity contribution in [2.45, 2.75) is 12.8 Å². The van der Waals surface area contributed by atoms with Crippen molar-refractivity contribution in [3.63, 3.8) is 0 Å². The molecule has 104 valence electrons. The quantitative estimate of drug-likeness (QED) is 0.664. The molecule has 1 heterocycles. The summed E-state index contributed by atoms with van der Waals surface area (Å²) in [4.78, 5) is 12.6. The maximum atomic E-state index is 10.9. The highest BCUT2D eigenvalue weighted by atomic mass is 16.6. The molecule has 1 fully saturated rings. The second-order valence-electron chi connectivity index (χ2n) is 4.76. The first kappa shape index (κ1) is 13.6. The van der Waals surface area contributed by atoms with Gasteiger partial charge in [0.05, 0.1) is 18.1 Å². The largest absolute Gasteiger partial charge is 0.496 e. The third-order valence-electron chi connectivity index (χ3n) is 3.56. The van der Waals surface area contributed by atoms with Gasteiger partial charge in [0.15, 0.2) is 0 Å². The Morgan fingerprint density at radius 1 is 1.42 bits per heavy atom. The number of hydrogen-bond acceptors (Lipinski definition) is 5. The van der Waals surface area contributed by atoms with E-state index >= 15 is 0 Å². The summed E-state index contributed by atoms with van der Waals surface area (Å²) >= 11 is 0. The number of nitro groups is 1. The molecule has 1 N–H and O–H groups in total. The molecule has 1 aliphatic heterocycles. The lowest BCUT2D eigenvalue weighted by Gasteiger charge is -2.32. The van der Waals surface area contributed by atoms with Crippen LogP contribution >= 0.6 is 0 Å². The first-order valence-electron chi connectivity index (χ1n) is 6.33. The van der Waals surface area contributed by atoms with E-state index in [4.69, 9.17) is 9.84 Å². The fourth-order valence-corrected chi connectivity index (χ4v) is 2.35. The maximum Gasteiger partial charge on any atom is 0.275 e. The van der Waals surface area contributed by atoms with Gasteiger partial charge in [-0.05, 0) is 18.8 Å². The summed E-state index contributed by atoms with van der Waals surface area (Å²) in [5.74, 6) is 0.838. The zero-order valence-electron chi connectivity index (χ0n) is 10.9. The lowest BCUT2D eigenvalue weighted by atomic mass is 9.97. The van der Waals surface area contributed by atoms with E-state index in [1.807, 2.05) is 6.07 Å². The van der Waals surface area contributed by atoms with Crippen molar-refractivity contribution in [3.05, 3.63) is 28.3 Å². The smallest absolute Gasteiger partial charge is 0.275 e. The second-order valence-corrected chi connectivity index (χ2v) is 4.76. The Morgan fingerprint density at radius 3 is 2.63 bits per heavy atom. The summed E-state index contributed by atoms with van der Waals surface area (Å²) in [6, 6.07) is 4.80. The molecule has 19 heavy (non-hydrogen) atoms. The second kappa shape index (κ2) is 5.88. The van der Waals surface area contributed by atoms with Crippen molar-refractivity contribution >= 4 is 11.4 Å². The minimum atomic E-state index is -0.410. The molecule has 0 radical (unpaired) electrons. The highest BCUT2D eigenvalue weighted by Crippen LogP contribution is 2.30. The molecule has 6 nitrogen and oxygen atoms in total.